The lowest BCUT2D eigenvalue weighted by molar-refractivity contribution is 0.102. The van der Waals surface area contributed by atoms with Gasteiger partial charge in [-0.1, -0.05) is 0 Å². The average Bonchev–Trinajstić information content (AvgIpc) is 2.54. The fourth-order valence-corrected chi connectivity index (χ4v) is 2.73. The van der Waals surface area contributed by atoms with E-state index in [0.29, 0.717) is 17.4 Å². The fraction of sp³-hybridized carbons (Fsp3) is 0.267. The number of aromatic nitrogens is 2. The van der Waals surface area contributed by atoms with Crippen molar-refractivity contribution in [2.75, 3.05) is 10.2 Å². The molecule has 0 saturated heterocycles. The number of fused-ring (bicyclic) bond motifs is 2. The van der Waals surface area contributed by atoms with Crippen LogP contribution in [0.1, 0.15) is 29.6 Å². The molecular formula is C15H14N4O. The van der Waals surface area contributed by atoms with Crippen LogP contribution < -0.4 is 10.2 Å². The van der Waals surface area contributed by atoms with Crippen LogP contribution in [0, 0.1) is 0 Å². The van der Waals surface area contributed by atoms with Gasteiger partial charge in [-0.25, -0.2) is 9.97 Å². The molecular weight excluding hydrogens is 252 g/mol. The van der Waals surface area contributed by atoms with E-state index in [2.05, 4.69) is 20.2 Å². The molecule has 5 nitrogen and oxygen atoms in total. The predicted molar refractivity (Wildman–Crippen MR) is 76.2 cm³/mol. The predicted octanol–water partition coefficient (Wildman–Crippen LogP) is 2.73. The van der Waals surface area contributed by atoms with Gasteiger partial charge in [0.2, 0.25) is 0 Å². The Hall–Kier alpha value is -2.43. The lowest BCUT2D eigenvalue weighted by atomic mass is 9.91. The van der Waals surface area contributed by atoms with Gasteiger partial charge < -0.3 is 10.2 Å². The Morgan fingerprint density at radius 2 is 1.85 bits per heavy atom. The number of hydrogen-bond acceptors (Lipinski definition) is 4. The summed E-state index contributed by atoms with van der Waals surface area (Å²) < 4.78 is 0. The Bertz CT molecular complexity index is 681. The van der Waals surface area contributed by atoms with Crippen molar-refractivity contribution in [1.29, 1.82) is 0 Å². The number of nitrogens with zero attached hydrogens (tertiary/aromatic N) is 3. The summed E-state index contributed by atoms with van der Waals surface area (Å²) in [6.07, 6.45) is 6.92. The lowest BCUT2D eigenvalue weighted by Gasteiger charge is -2.37. The van der Waals surface area contributed by atoms with Gasteiger partial charge in [-0.2, -0.15) is 0 Å². The first-order chi connectivity index (χ1) is 9.84. The van der Waals surface area contributed by atoms with Gasteiger partial charge in [0.15, 0.2) is 5.82 Å². The summed E-state index contributed by atoms with van der Waals surface area (Å²) in [4.78, 5) is 23.4. The minimum Gasteiger partial charge on any atom is -0.319 e. The van der Waals surface area contributed by atoms with Crippen molar-refractivity contribution < 1.29 is 4.79 Å². The number of rotatable bonds is 1. The second-order valence-electron chi connectivity index (χ2n) is 5.16. The number of carbonyl (C=O) groups is 1. The molecule has 20 heavy (non-hydrogen) atoms. The van der Waals surface area contributed by atoms with Crippen molar-refractivity contribution in [1.82, 2.24) is 9.97 Å². The highest BCUT2D eigenvalue weighted by molar-refractivity contribution is 6.11. The second kappa shape index (κ2) is 4.30. The van der Waals surface area contributed by atoms with Crippen LogP contribution in [0.2, 0.25) is 0 Å². The summed E-state index contributed by atoms with van der Waals surface area (Å²) in [6, 6.07) is 7.71. The van der Waals surface area contributed by atoms with Gasteiger partial charge in [-0.15, -0.1) is 0 Å². The Morgan fingerprint density at radius 3 is 2.60 bits per heavy atom. The quantitative estimate of drug-likeness (QED) is 0.862. The molecule has 5 heteroatoms. The Labute approximate surface area is 116 Å². The van der Waals surface area contributed by atoms with E-state index in [9.17, 15) is 4.79 Å². The Balaban J connectivity index is 1.95. The highest BCUT2D eigenvalue weighted by Gasteiger charge is 2.34. The molecule has 1 fully saturated rings. The highest BCUT2D eigenvalue weighted by atomic mass is 16.1. The summed E-state index contributed by atoms with van der Waals surface area (Å²) in [5.74, 6) is 1.39. The van der Waals surface area contributed by atoms with Crippen molar-refractivity contribution in [3.05, 3.63) is 42.2 Å². The van der Waals surface area contributed by atoms with Crippen LogP contribution in [0.4, 0.5) is 17.3 Å². The minimum atomic E-state index is -0.121. The first kappa shape index (κ1) is 11.4. The number of anilines is 3. The molecule has 1 aliphatic heterocycles. The summed E-state index contributed by atoms with van der Waals surface area (Å²) in [6.45, 7) is 0. The van der Waals surface area contributed by atoms with Crippen molar-refractivity contribution >= 4 is 23.2 Å². The monoisotopic (exact) mass is 266 g/mol. The summed E-state index contributed by atoms with van der Waals surface area (Å²) >= 11 is 0. The summed E-state index contributed by atoms with van der Waals surface area (Å²) in [5.41, 5.74) is 1.36. The maximum absolute atomic E-state index is 12.3. The largest absolute Gasteiger partial charge is 0.319 e. The molecule has 2 aromatic heterocycles. The van der Waals surface area contributed by atoms with Crippen molar-refractivity contribution in [3.63, 3.8) is 0 Å². The van der Waals surface area contributed by atoms with Crippen LogP contribution >= 0.6 is 0 Å². The normalized spacial score (nSPS) is 17.6. The van der Waals surface area contributed by atoms with Crippen LogP contribution in [-0.2, 0) is 0 Å². The number of amides is 1. The molecule has 1 saturated carbocycles. The van der Waals surface area contributed by atoms with Gasteiger partial charge in [-0.3, -0.25) is 4.79 Å². The molecule has 0 bridgehead atoms. The molecule has 2 aromatic rings. The van der Waals surface area contributed by atoms with Gasteiger partial charge in [0.05, 0.1) is 11.3 Å². The summed E-state index contributed by atoms with van der Waals surface area (Å²) in [5, 5.41) is 2.93. The standard InChI is InChI=1S/C15H14N4O/c20-15-11-6-2-8-16-13(11)19(10-4-1-5-10)14-12(18-15)7-3-9-17-14/h2-3,6-10H,1,4-5H2,(H,18,20). The smallest absolute Gasteiger partial charge is 0.259 e. The van der Waals surface area contributed by atoms with Crippen molar-refractivity contribution in [2.24, 2.45) is 0 Å². The van der Waals surface area contributed by atoms with E-state index in [0.717, 1.165) is 24.3 Å². The molecule has 0 atom stereocenters. The second-order valence-corrected chi connectivity index (χ2v) is 5.16. The molecule has 1 amide bonds. The molecule has 3 heterocycles. The van der Waals surface area contributed by atoms with Gasteiger partial charge in [0, 0.05) is 18.4 Å². The van der Waals surface area contributed by atoms with Crippen LogP contribution in [0.5, 0.6) is 0 Å². The minimum absolute atomic E-state index is 0.121. The SMILES string of the molecule is O=C1Nc2cccnc2N(C2CCC2)c2ncccc21. The molecule has 4 rings (SSSR count). The topological polar surface area (TPSA) is 58.1 Å². The average molecular weight is 266 g/mol. The van der Waals surface area contributed by atoms with E-state index in [4.69, 9.17) is 0 Å². The van der Waals surface area contributed by atoms with E-state index in [1.165, 1.54) is 6.42 Å². The van der Waals surface area contributed by atoms with E-state index in [1.54, 1.807) is 18.5 Å². The fourth-order valence-electron chi connectivity index (χ4n) is 2.73. The van der Waals surface area contributed by atoms with E-state index in [1.807, 2.05) is 18.2 Å². The Morgan fingerprint density at radius 1 is 1.10 bits per heavy atom. The van der Waals surface area contributed by atoms with Crippen LogP contribution in [0.25, 0.3) is 0 Å². The highest BCUT2D eigenvalue weighted by Crippen LogP contribution is 2.40. The number of pyridine rings is 2. The first-order valence-electron chi connectivity index (χ1n) is 6.85. The molecule has 1 N–H and O–H groups in total. The maximum atomic E-state index is 12.3. The third-order valence-electron chi connectivity index (χ3n) is 3.96. The molecule has 0 aromatic carbocycles. The number of hydrogen-bond donors (Lipinski definition) is 1. The van der Waals surface area contributed by atoms with Crippen molar-refractivity contribution in [2.45, 2.75) is 25.3 Å². The summed E-state index contributed by atoms with van der Waals surface area (Å²) in [7, 11) is 0. The molecule has 1 aliphatic carbocycles. The van der Waals surface area contributed by atoms with Gasteiger partial charge in [-0.05, 0) is 43.5 Å². The Kier molecular flexibility index (Phi) is 2.45. The molecule has 0 spiro atoms. The zero-order chi connectivity index (χ0) is 13.5. The number of carbonyl (C=O) groups excluding carboxylic acids is 1. The third kappa shape index (κ3) is 1.59. The lowest BCUT2D eigenvalue weighted by Crippen LogP contribution is -2.38. The van der Waals surface area contributed by atoms with Gasteiger partial charge in [0.25, 0.3) is 5.91 Å². The van der Waals surface area contributed by atoms with Crippen LogP contribution in [-0.4, -0.2) is 21.9 Å². The molecule has 2 aliphatic rings. The molecule has 0 unspecified atom stereocenters. The van der Waals surface area contributed by atoms with Crippen molar-refractivity contribution in [3.8, 4) is 0 Å². The number of nitrogens with one attached hydrogen (secondary N) is 1. The third-order valence-corrected chi connectivity index (χ3v) is 3.96. The van der Waals surface area contributed by atoms with E-state index < -0.39 is 0 Å². The van der Waals surface area contributed by atoms with Gasteiger partial charge in [0.1, 0.15) is 5.82 Å². The van der Waals surface area contributed by atoms with Crippen LogP contribution in [0.15, 0.2) is 36.7 Å². The first-order valence-corrected chi connectivity index (χ1v) is 6.85. The van der Waals surface area contributed by atoms with Gasteiger partial charge >= 0.3 is 0 Å². The molecule has 0 radical (unpaired) electrons. The molecule has 100 valence electrons. The van der Waals surface area contributed by atoms with E-state index in [-0.39, 0.29) is 5.91 Å². The van der Waals surface area contributed by atoms with E-state index >= 15 is 0 Å². The zero-order valence-corrected chi connectivity index (χ0v) is 10.9. The van der Waals surface area contributed by atoms with Crippen LogP contribution in [0.3, 0.4) is 0 Å². The maximum Gasteiger partial charge on any atom is 0.259 e. The zero-order valence-electron chi connectivity index (χ0n) is 10.9.